The maximum atomic E-state index is 13.3. The minimum Gasteiger partial charge on any atom is -0.317 e. The molecule has 0 saturated heterocycles. The molecule has 0 radical (unpaired) electrons. The number of benzene rings is 1. The van der Waals surface area contributed by atoms with Crippen LogP contribution < -0.4 is 5.32 Å². The summed E-state index contributed by atoms with van der Waals surface area (Å²) in [4.78, 5) is 0. The van der Waals surface area contributed by atoms with Crippen LogP contribution >= 0.6 is 0 Å². The Balaban J connectivity index is 2.19. The molecule has 4 heteroatoms. The fraction of sp³-hybridized carbons (Fsp3) is 0.600. The third-order valence-corrected chi connectivity index (χ3v) is 3.06. The van der Waals surface area contributed by atoms with Gasteiger partial charge in [0.05, 0.1) is 0 Å². The van der Waals surface area contributed by atoms with E-state index in [4.69, 9.17) is 0 Å². The first-order chi connectivity index (χ1) is 9.15. The Morgan fingerprint density at radius 2 is 1.53 bits per heavy atom. The van der Waals surface area contributed by atoms with Crippen LogP contribution in [-0.2, 0) is 6.42 Å². The lowest BCUT2D eigenvalue weighted by Crippen LogP contribution is -2.15. The fourth-order valence-electron chi connectivity index (χ4n) is 2.02. The van der Waals surface area contributed by atoms with Crippen molar-refractivity contribution in [1.82, 2.24) is 5.32 Å². The Kier molecular flexibility index (Phi) is 7.56. The zero-order valence-corrected chi connectivity index (χ0v) is 11.4. The van der Waals surface area contributed by atoms with Crippen LogP contribution in [0.2, 0.25) is 0 Å². The minimum atomic E-state index is -0.860. The number of hydrogen-bond acceptors (Lipinski definition) is 1. The Hall–Kier alpha value is -1.03. The van der Waals surface area contributed by atoms with Gasteiger partial charge in [-0.05, 0) is 38.8 Å². The summed E-state index contributed by atoms with van der Waals surface area (Å²) < 4.78 is 39.4. The summed E-state index contributed by atoms with van der Waals surface area (Å²) in [6.45, 7) is 4.15. The van der Waals surface area contributed by atoms with E-state index in [-0.39, 0.29) is 5.56 Å². The van der Waals surface area contributed by atoms with Gasteiger partial charge in [0.15, 0.2) is 0 Å². The van der Waals surface area contributed by atoms with E-state index in [2.05, 4.69) is 12.2 Å². The van der Waals surface area contributed by atoms with Gasteiger partial charge in [-0.25, -0.2) is 13.2 Å². The van der Waals surface area contributed by atoms with Crippen LogP contribution in [0.3, 0.4) is 0 Å². The average molecular weight is 273 g/mol. The molecule has 108 valence electrons. The molecule has 0 unspecified atom stereocenters. The van der Waals surface area contributed by atoms with E-state index in [1.165, 1.54) is 0 Å². The van der Waals surface area contributed by atoms with Crippen LogP contribution in [0, 0.1) is 17.5 Å². The van der Waals surface area contributed by atoms with Crippen molar-refractivity contribution < 1.29 is 13.2 Å². The van der Waals surface area contributed by atoms with E-state index in [9.17, 15) is 13.2 Å². The molecule has 0 saturated carbocycles. The second-order valence-electron chi connectivity index (χ2n) is 4.76. The Morgan fingerprint density at radius 3 is 2.16 bits per heavy atom. The molecule has 1 nitrogen and oxygen atoms in total. The third-order valence-electron chi connectivity index (χ3n) is 3.06. The van der Waals surface area contributed by atoms with Crippen LogP contribution in [-0.4, -0.2) is 13.1 Å². The number of nitrogens with one attached hydrogen (secondary N) is 1. The predicted molar refractivity (Wildman–Crippen MR) is 71.6 cm³/mol. The number of hydrogen-bond donors (Lipinski definition) is 1. The highest BCUT2D eigenvalue weighted by Gasteiger charge is 2.10. The topological polar surface area (TPSA) is 12.0 Å². The first-order valence-electron chi connectivity index (χ1n) is 6.99. The maximum Gasteiger partial charge on any atom is 0.132 e. The lowest BCUT2D eigenvalue weighted by Gasteiger charge is -2.06. The molecular weight excluding hydrogens is 251 g/mol. The van der Waals surface area contributed by atoms with Crippen LogP contribution in [0.1, 0.15) is 44.6 Å². The highest BCUT2D eigenvalue weighted by atomic mass is 19.1. The number of rotatable bonds is 9. The van der Waals surface area contributed by atoms with Gasteiger partial charge in [-0.3, -0.25) is 0 Å². The molecule has 1 aromatic rings. The summed E-state index contributed by atoms with van der Waals surface area (Å²) in [5, 5.41) is 3.31. The van der Waals surface area contributed by atoms with Gasteiger partial charge >= 0.3 is 0 Å². The van der Waals surface area contributed by atoms with Gasteiger partial charge in [-0.15, -0.1) is 0 Å². The molecular formula is C15H22F3N. The van der Waals surface area contributed by atoms with E-state index in [0.29, 0.717) is 6.42 Å². The second kappa shape index (κ2) is 8.97. The molecule has 0 aliphatic rings. The van der Waals surface area contributed by atoms with Gasteiger partial charge in [0.1, 0.15) is 17.5 Å². The first kappa shape index (κ1) is 16.0. The molecule has 0 fully saturated rings. The Bertz CT molecular complexity index is 357. The minimum absolute atomic E-state index is 0.00510. The van der Waals surface area contributed by atoms with E-state index in [1.54, 1.807) is 0 Å². The van der Waals surface area contributed by atoms with Crippen molar-refractivity contribution in [1.29, 1.82) is 0 Å². The summed E-state index contributed by atoms with van der Waals surface area (Å²) in [5.41, 5.74) is 0.00510. The van der Waals surface area contributed by atoms with Crippen molar-refractivity contribution in [3.8, 4) is 0 Å². The lowest BCUT2D eigenvalue weighted by molar-refractivity contribution is 0.513. The van der Waals surface area contributed by atoms with E-state index in [1.807, 2.05) is 0 Å². The van der Waals surface area contributed by atoms with Gasteiger partial charge in [0.2, 0.25) is 0 Å². The van der Waals surface area contributed by atoms with Crippen LogP contribution in [0.4, 0.5) is 13.2 Å². The van der Waals surface area contributed by atoms with Gasteiger partial charge in [-0.2, -0.15) is 0 Å². The predicted octanol–water partition coefficient (Wildman–Crippen LogP) is 4.21. The van der Waals surface area contributed by atoms with Crippen molar-refractivity contribution in [3.63, 3.8) is 0 Å². The standard InChI is InChI=1S/C15H22F3N/c1-2-8-19-9-6-4-3-5-7-13-14(17)10-12(16)11-15(13)18/h10-11,19H,2-9H2,1H3. The largest absolute Gasteiger partial charge is 0.317 e. The number of unbranched alkanes of at least 4 members (excludes halogenated alkanes) is 3. The van der Waals surface area contributed by atoms with Crippen LogP contribution in [0.15, 0.2) is 12.1 Å². The summed E-state index contributed by atoms with van der Waals surface area (Å²) >= 11 is 0. The Labute approximate surface area is 113 Å². The molecule has 0 atom stereocenters. The normalized spacial score (nSPS) is 10.9. The SMILES string of the molecule is CCCNCCCCCCc1c(F)cc(F)cc1F. The smallest absolute Gasteiger partial charge is 0.132 e. The number of halogens is 3. The molecule has 0 spiro atoms. The third kappa shape index (κ3) is 6.10. The zero-order chi connectivity index (χ0) is 14.1. The molecule has 19 heavy (non-hydrogen) atoms. The van der Waals surface area contributed by atoms with Crippen molar-refractivity contribution in [2.75, 3.05) is 13.1 Å². The second-order valence-corrected chi connectivity index (χ2v) is 4.76. The monoisotopic (exact) mass is 273 g/mol. The highest BCUT2D eigenvalue weighted by molar-refractivity contribution is 5.20. The molecule has 0 bridgehead atoms. The average Bonchev–Trinajstić information content (AvgIpc) is 2.35. The molecule has 0 aliphatic heterocycles. The molecule has 0 amide bonds. The summed E-state index contributed by atoms with van der Waals surface area (Å²) in [7, 11) is 0. The molecule has 0 aromatic heterocycles. The Morgan fingerprint density at radius 1 is 0.895 bits per heavy atom. The summed E-state index contributed by atoms with van der Waals surface area (Å²) in [5.74, 6) is -2.41. The first-order valence-corrected chi connectivity index (χ1v) is 6.99. The van der Waals surface area contributed by atoms with Crippen molar-refractivity contribution in [2.24, 2.45) is 0 Å². The van der Waals surface area contributed by atoms with Gasteiger partial charge in [-0.1, -0.05) is 19.8 Å². The quantitative estimate of drug-likeness (QED) is 0.665. The highest BCUT2D eigenvalue weighted by Crippen LogP contribution is 2.17. The summed E-state index contributed by atoms with van der Waals surface area (Å²) in [6.07, 6.45) is 5.25. The molecule has 1 rings (SSSR count). The van der Waals surface area contributed by atoms with E-state index < -0.39 is 17.5 Å². The fourth-order valence-corrected chi connectivity index (χ4v) is 2.02. The van der Waals surface area contributed by atoms with Crippen LogP contribution in [0.5, 0.6) is 0 Å². The maximum absolute atomic E-state index is 13.3. The van der Waals surface area contributed by atoms with Crippen molar-refractivity contribution in [3.05, 3.63) is 35.1 Å². The summed E-state index contributed by atoms with van der Waals surface area (Å²) in [6, 6.07) is 1.49. The van der Waals surface area contributed by atoms with Crippen LogP contribution in [0.25, 0.3) is 0 Å². The lowest BCUT2D eigenvalue weighted by atomic mass is 10.0. The van der Waals surface area contributed by atoms with Gasteiger partial charge in [0.25, 0.3) is 0 Å². The van der Waals surface area contributed by atoms with E-state index in [0.717, 1.165) is 57.3 Å². The molecule has 1 N–H and O–H groups in total. The van der Waals surface area contributed by atoms with Crippen molar-refractivity contribution in [2.45, 2.75) is 45.4 Å². The molecule has 1 aromatic carbocycles. The zero-order valence-electron chi connectivity index (χ0n) is 11.4. The molecule has 0 heterocycles. The van der Waals surface area contributed by atoms with Gasteiger partial charge in [0, 0.05) is 17.7 Å². The van der Waals surface area contributed by atoms with Gasteiger partial charge < -0.3 is 5.32 Å². The van der Waals surface area contributed by atoms with Crippen molar-refractivity contribution >= 4 is 0 Å². The van der Waals surface area contributed by atoms with E-state index >= 15 is 0 Å². The molecule has 0 aliphatic carbocycles.